The Morgan fingerprint density at radius 1 is 1.19 bits per heavy atom. The third-order valence-electron chi connectivity index (χ3n) is 5.70. The zero-order valence-electron chi connectivity index (χ0n) is 18.2. The Hall–Kier alpha value is -2.52. The molecule has 1 aromatic heterocycles. The first-order valence-electron chi connectivity index (χ1n) is 10.5. The largest absolute Gasteiger partial charge is 0.497 e. The molecule has 32 heavy (non-hydrogen) atoms. The molecule has 6 nitrogen and oxygen atoms in total. The summed E-state index contributed by atoms with van der Waals surface area (Å²) in [6, 6.07) is 12.8. The van der Waals surface area contributed by atoms with Crippen LogP contribution in [0.25, 0.3) is 10.1 Å². The summed E-state index contributed by atoms with van der Waals surface area (Å²) < 4.78 is 31.3. The molecule has 1 aliphatic heterocycles. The van der Waals surface area contributed by atoms with Crippen molar-refractivity contribution in [1.82, 2.24) is 10.2 Å². The van der Waals surface area contributed by atoms with Gasteiger partial charge in [0.05, 0.1) is 37.8 Å². The maximum atomic E-state index is 14.5. The number of nitrogens with zero attached hydrogens (tertiary/aromatic N) is 1. The molecule has 2 heterocycles. The molecule has 0 saturated carbocycles. The Morgan fingerprint density at radius 3 is 2.62 bits per heavy atom. The molecule has 1 saturated heterocycles. The molecule has 0 bridgehead atoms. The molecule has 0 radical (unpaired) electrons. The van der Waals surface area contributed by atoms with Crippen molar-refractivity contribution in [2.45, 2.75) is 12.6 Å². The quantitative estimate of drug-likeness (QED) is 0.553. The Bertz CT molecular complexity index is 1060. The van der Waals surface area contributed by atoms with Crippen molar-refractivity contribution in [1.29, 1.82) is 0 Å². The number of morpholine rings is 1. The first kappa shape index (κ1) is 22.7. The SMILES string of the molecule is COCc1c(C(=O)NCC(c2ccc(OC)cc2)N2CCOCC2)sc2cccc(F)c12. The van der Waals surface area contributed by atoms with Crippen LogP contribution in [0, 0.1) is 5.82 Å². The second kappa shape index (κ2) is 10.4. The highest BCUT2D eigenvalue weighted by atomic mass is 32.1. The molecule has 3 aromatic rings. The van der Waals surface area contributed by atoms with Crippen LogP contribution in [0.3, 0.4) is 0 Å². The van der Waals surface area contributed by atoms with Crippen molar-refractivity contribution in [3.63, 3.8) is 0 Å². The predicted octanol–water partition coefficient (Wildman–Crippen LogP) is 4.00. The van der Waals surface area contributed by atoms with Crippen molar-refractivity contribution in [2.24, 2.45) is 0 Å². The van der Waals surface area contributed by atoms with Crippen LogP contribution in [0.1, 0.15) is 26.8 Å². The van der Waals surface area contributed by atoms with Gasteiger partial charge in [-0.3, -0.25) is 9.69 Å². The van der Waals surface area contributed by atoms with Crippen LogP contribution in [0.5, 0.6) is 5.75 Å². The van der Waals surface area contributed by atoms with Crippen molar-refractivity contribution in [3.05, 3.63) is 64.3 Å². The molecule has 1 aliphatic rings. The molecule has 1 fully saturated rings. The van der Waals surface area contributed by atoms with Crippen molar-refractivity contribution in [3.8, 4) is 5.75 Å². The summed E-state index contributed by atoms with van der Waals surface area (Å²) >= 11 is 1.29. The summed E-state index contributed by atoms with van der Waals surface area (Å²) in [5, 5.41) is 3.54. The fourth-order valence-electron chi connectivity index (χ4n) is 4.08. The topological polar surface area (TPSA) is 60.0 Å². The molecule has 4 rings (SSSR count). The predicted molar refractivity (Wildman–Crippen MR) is 123 cm³/mol. The number of halogens is 1. The third kappa shape index (κ3) is 4.78. The van der Waals surface area contributed by atoms with Gasteiger partial charge in [0.2, 0.25) is 0 Å². The Kier molecular flexibility index (Phi) is 7.36. The van der Waals surface area contributed by atoms with E-state index >= 15 is 0 Å². The summed E-state index contributed by atoms with van der Waals surface area (Å²) in [6.07, 6.45) is 0. The second-order valence-corrected chi connectivity index (χ2v) is 8.66. The van der Waals surface area contributed by atoms with E-state index in [2.05, 4.69) is 10.2 Å². The number of fused-ring (bicyclic) bond motifs is 1. The number of rotatable bonds is 8. The number of amides is 1. The van der Waals surface area contributed by atoms with Gasteiger partial charge in [0.15, 0.2) is 0 Å². The van der Waals surface area contributed by atoms with Gasteiger partial charge in [0.25, 0.3) is 5.91 Å². The van der Waals surface area contributed by atoms with E-state index in [0.717, 1.165) is 29.1 Å². The minimum absolute atomic E-state index is 0.00857. The van der Waals surface area contributed by atoms with Gasteiger partial charge in [-0.25, -0.2) is 4.39 Å². The molecule has 170 valence electrons. The molecular formula is C24H27FN2O4S. The van der Waals surface area contributed by atoms with Crippen molar-refractivity contribution in [2.75, 3.05) is 47.1 Å². The molecule has 8 heteroatoms. The monoisotopic (exact) mass is 458 g/mol. The van der Waals surface area contributed by atoms with Gasteiger partial charge >= 0.3 is 0 Å². The van der Waals surface area contributed by atoms with Crippen molar-refractivity contribution >= 4 is 27.3 Å². The summed E-state index contributed by atoms with van der Waals surface area (Å²) in [6.45, 7) is 3.50. The maximum Gasteiger partial charge on any atom is 0.261 e. The van der Waals surface area contributed by atoms with E-state index in [1.54, 1.807) is 20.3 Å². The average molecular weight is 459 g/mol. The Balaban J connectivity index is 1.58. The van der Waals surface area contributed by atoms with E-state index < -0.39 is 0 Å². The van der Waals surface area contributed by atoms with E-state index in [9.17, 15) is 9.18 Å². The van der Waals surface area contributed by atoms with Gasteiger partial charge < -0.3 is 19.5 Å². The summed E-state index contributed by atoms with van der Waals surface area (Å²) in [4.78, 5) is 16.0. The van der Waals surface area contributed by atoms with Gasteiger partial charge in [-0.1, -0.05) is 18.2 Å². The fraction of sp³-hybridized carbons (Fsp3) is 0.375. The summed E-state index contributed by atoms with van der Waals surface area (Å²) in [5.41, 5.74) is 1.68. The number of benzene rings is 2. The van der Waals surface area contributed by atoms with Gasteiger partial charge in [0.1, 0.15) is 11.6 Å². The minimum Gasteiger partial charge on any atom is -0.497 e. The lowest BCUT2D eigenvalue weighted by molar-refractivity contribution is 0.0162. The van der Waals surface area contributed by atoms with E-state index in [0.29, 0.717) is 35.6 Å². The number of thiophene rings is 1. The molecule has 2 aromatic carbocycles. The summed E-state index contributed by atoms with van der Waals surface area (Å²) in [7, 11) is 3.18. The number of carbonyl (C=O) groups is 1. The van der Waals surface area contributed by atoms with E-state index in [-0.39, 0.29) is 24.4 Å². The van der Waals surface area contributed by atoms with Gasteiger partial charge in [-0.05, 0) is 29.8 Å². The number of hydrogen-bond donors (Lipinski definition) is 1. The zero-order valence-corrected chi connectivity index (χ0v) is 19.0. The smallest absolute Gasteiger partial charge is 0.261 e. The molecule has 1 unspecified atom stereocenters. The number of nitrogens with one attached hydrogen (secondary N) is 1. The van der Waals surface area contributed by atoms with Crippen LogP contribution in [0.15, 0.2) is 42.5 Å². The van der Waals surface area contributed by atoms with Crippen LogP contribution in [-0.2, 0) is 16.1 Å². The highest BCUT2D eigenvalue weighted by Crippen LogP contribution is 2.34. The lowest BCUT2D eigenvalue weighted by Gasteiger charge is -2.35. The third-order valence-corrected chi connectivity index (χ3v) is 6.90. The first-order valence-corrected chi connectivity index (χ1v) is 11.4. The van der Waals surface area contributed by atoms with Crippen LogP contribution >= 0.6 is 11.3 Å². The van der Waals surface area contributed by atoms with Crippen LogP contribution in [0.2, 0.25) is 0 Å². The molecule has 0 aliphatic carbocycles. The average Bonchev–Trinajstić information content (AvgIpc) is 3.20. The Labute approximate surface area is 190 Å². The van der Waals surface area contributed by atoms with Crippen molar-refractivity contribution < 1.29 is 23.4 Å². The van der Waals surface area contributed by atoms with E-state index in [1.807, 2.05) is 30.3 Å². The van der Waals surface area contributed by atoms with Gasteiger partial charge in [-0.15, -0.1) is 11.3 Å². The lowest BCUT2D eigenvalue weighted by atomic mass is 10.0. The second-order valence-electron chi connectivity index (χ2n) is 7.60. The van der Waals surface area contributed by atoms with Gasteiger partial charge in [-0.2, -0.15) is 0 Å². The van der Waals surface area contributed by atoms with Crippen LogP contribution < -0.4 is 10.1 Å². The molecular weight excluding hydrogens is 431 g/mol. The number of ether oxygens (including phenoxy) is 3. The van der Waals surface area contributed by atoms with Crippen LogP contribution in [0.4, 0.5) is 4.39 Å². The molecule has 0 spiro atoms. The lowest BCUT2D eigenvalue weighted by Crippen LogP contribution is -2.43. The highest BCUT2D eigenvalue weighted by molar-refractivity contribution is 7.21. The molecule has 1 N–H and O–H groups in total. The first-order chi connectivity index (χ1) is 15.6. The van der Waals surface area contributed by atoms with E-state index in [1.165, 1.54) is 17.4 Å². The normalized spacial score (nSPS) is 15.6. The van der Waals surface area contributed by atoms with Crippen LogP contribution in [-0.4, -0.2) is 57.9 Å². The fourth-order valence-corrected chi connectivity index (χ4v) is 5.21. The minimum atomic E-state index is -0.339. The van der Waals surface area contributed by atoms with E-state index in [4.69, 9.17) is 14.2 Å². The molecule has 1 atom stereocenters. The Morgan fingerprint density at radius 2 is 1.94 bits per heavy atom. The number of carbonyl (C=O) groups excluding carboxylic acids is 1. The zero-order chi connectivity index (χ0) is 22.5. The molecule has 1 amide bonds. The number of methoxy groups -OCH3 is 2. The summed E-state index contributed by atoms with van der Waals surface area (Å²) in [5.74, 6) is 0.230. The standard InChI is InChI=1S/C24H27FN2O4S/c1-29-15-18-22-19(25)4-3-5-21(22)32-23(18)24(28)26-14-20(27-10-12-31-13-11-27)16-6-8-17(30-2)9-7-16/h3-9,20H,10-15H2,1-2H3,(H,26,28). The number of hydrogen-bond acceptors (Lipinski definition) is 6. The highest BCUT2D eigenvalue weighted by Gasteiger charge is 2.25. The maximum absolute atomic E-state index is 14.5. The van der Waals surface area contributed by atoms with Gasteiger partial charge in [0, 0.05) is 42.4 Å².